The Balaban J connectivity index is 3.41. The number of nitrogens with one attached hydrogen (secondary N) is 1. The predicted octanol–water partition coefficient (Wildman–Crippen LogP) is 3.97. The third-order valence-corrected chi connectivity index (χ3v) is 5.89. The van der Waals surface area contributed by atoms with E-state index in [4.69, 9.17) is 4.74 Å². The maximum atomic E-state index is 11.8. The van der Waals surface area contributed by atoms with Gasteiger partial charge < -0.3 is 20.3 Å². The van der Waals surface area contributed by atoms with Crippen molar-refractivity contribution in [3.63, 3.8) is 0 Å². The first kappa shape index (κ1) is 30.8. The molecule has 0 radical (unpaired) electrons. The lowest BCUT2D eigenvalue weighted by atomic mass is 10.1. The molecule has 0 aliphatic carbocycles. The fraction of sp³-hybridized carbons (Fsp3) is 0.913. The summed E-state index contributed by atoms with van der Waals surface area (Å²) in [5.41, 5.74) is 0. The van der Waals surface area contributed by atoms with Crippen LogP contribution in [0.4, 0.5) is 0 Å². The van der Waals surface area contributed by atoms with E-state index in [0.717, 1.165) is 56.3 Å². The van der Waals surface area contributed by atoms with E-state index in [9.17, 15) is 23.2 Å². The van der Waals surface area contributed by atoms with E-state index in [0.29, 0.717) is 39.1 Å². The first-order valence-corrected chi connectivity index (χ1v) is 14.3. The Morgan fingerprint density at radius 1 is 0.844 bits per heavy atom. The third-order valence-electron chi connectivity index (χ3n) is 5.10. The van der Waals surface area contributed by atoms with E-state index < -0.39 is 21.5 Å². The SMILES string of the molecule is CCCCCCCCCOC(=O)CCCCCCCN([O-])CCCNC(=O)CS(C)(=O)=O. The van der Waals surface area contributed by atoms with Crippen molar-refractivity contribution in [2.24, 2.45) is 0 Å². The van der Waals surface area contributed by atoms with Gasteiger partial charge in [-0.15, -0.1) is 0 Å². The number of carbonyl (C=O) groups excluding carboxylic acids is 2. The second-order valence-electron chi connectivity index (χ2n) is 8.56. The molecule has 8 nitrogen and oxygen atoms in total. The van der Waals surface area contributed by atoms with Crippen LogP contribution in [0.3, 0.4) is 0 Å². The minimum atomic E-state index is -3.32. The summed E-state index contributed by atoms with van der Waals surface area (Å²) >= 11 is 0. The number of hydrogen-bond acceptors (Lipinski definition) is 7. The van der Waals surface area contributed by atoms with E-state index in [1.54, 1.807) is 0 Å². The van der Waals surface area contributed by atoms with Crippen molar-refractivity contribution >= 4 is 21.7 Å². The molecule has 1 N–H and O–H groups in total. The normalized spacial score (nSPS) is 11.6. The zero-order valence-electron chi connectivity index (χ0n) is 20.2. The third kappa shape index (κ3) is 23.5. The molecule has 190 valence electrons. The Kier molecular flexibility index (Phi) is 19.7. The van der Waals surface area contributed by atoms with Gasteiger partial charge in [-0.05, 0) is 38.8 Å². The zero-order valence-corrected chi connectivity index (χ0v) is 21.1. The van der Waals surface area contributed by atoms with Crippen molar-refractivity contribution in [1.29, 1.82) is 0 Å². The molecule has 0 atom stereocenters. The standard InChI is InChI=1S/C23H45N2O6S/c1-3-4-5-6-7-11-14-20-31-23(27)16-12-9-8-10-13-18-25(28)19-15-17-24-22(26)21-32(2,29)30/h3-21H2,1-2H3,(H,24,26)/q-1. The van der Waals surface area contributed by atoms with Crippen LogP contribution in [-0.4, -0.2) is 63.6 Å². The van der Waals surface area contributed by atoms with E-state index in [-0.39, 0.29) is 5.97 Å². The lowest BCUT2D eigenvalue weighted by molar-refractivity contribution is -0.143. The summed E-state index contributed by atoms with van der Waals surface area (Å²) in [6.45, 7) is 3.79. The Hall–Kier alpha value is -1.19. The van der Waals surface area contributed by atoms with Crippen LogP contribution in [0.25, 0.3) is 0 Å². The molecule has 0 aliphatic rings. The Morgan fingerprint density at radius 3 is 2.06 bits per heavy atom. The number of sulfone groups is 1. The molecular formula is C23H45N2O6S-. The molecule has 0 bridgehead atoms. The topological polar surface area (TPSA) is 116 Å². The van der Waals surface area contributed by atoms with E-state index in [1.165, 1.54) is 32.1 Å². The summed E-state index contributed by atoms with van der Waals surface area (Å²) in [5.74, 6) is -1.16. The van der Waals surface area contributed by atoms with Crippen molar-refractivity contribution in [2.75, 3.05) is 38.2 Å². The Bertz CT molecular complexity index is 583. The van der Waals surface area contributed by atoms with Crippen molar-refractivity contribution in [3.05, 3.63) is 5.21 Å². The molecule has 0 aromatic carbocycles. The Morgan fingerprint density at radius 2 is 1.41 bits per heavy atom. The fourth-order valence-corrected chi connectivity index (χ4v) is 3.87. The molecule has 0 unspecified atom stereocenters. The summed E-state index contributed by atoms with van der Waals surface area (Å²) < 4.78 is 27.2. The maximum Gasteiger partial charge on any atom is 0.305 e. The molecule has 9 heteroatoms. The van der Waals surface area contributed by atoms with Gasteiger partial charge in [0.1, 0.15) is 5.75 Å². The monoisotopic (exact) mass is 477 g/mol. The number of amides is 1. The number of rotatable bonds is 22. The molecule has 0 aliphatic heterocycles. The maximum absolute atomic E-state index is 11.8. The Labute approximate surface area is 195 Å². The van der Waals surface area contributed by atoms with Crippen LogP contribution in [0.15, 0.2) is 0 Å². The highest BCUT2D eigenvalue weighted by atomic mass is 32.2. The van der Waals surface area contributed by atoms with E-state index >= 15 is 0 Å². The molecule has 0 heterocycles. The summed E-state index contributed by atoms with van der Waals surface area (Å²) in [7, 11) is -3.32. The quantitative estimate of drug-likeness (QED) is 0.142. The van der Waals surface area contributed by atoms with E-state index in [2.05, 4.69) is 12.2 Å². The van der Waals surface area contributed by atoms with Crippen molar-refractivity contribution in [2.45, 2.75) is 96.8 Å². The van der Waals surface area contributed by atoms with Gasteiger partial charge in [0, 0.05) is 19.2 Å². The van der Waals surface area contributed by atoms with Crippen LogP contribution in [0.5, 0.6) is 0 Å². The summed E-state index contributed by atoms with van der Waals surface area (Å²) in [5, 5.41) is 15.2. The highest BCUT2D eigenvalue weighted by Gasteiger charge is 2.09. The molecule has 0 spiro atoms. The van der Waals surface area contributed by atoms with Crippen molar-refractivity contribution < 1.29 is 22.7 Å². The lowest BCUT2D eigenvalue weighted by Gasteiger charge is -2.27. The molecule has 0 aromatic heterocycles. The van der Waals surface area contributed by atoms with Crippen molar-refractivity contribution in [3.8, 4) is 0 Å². The smallest absolute Gasteiger partial charge is 0.305 e. The molecule has 1 amide bonds. The van der Waals surface area contributed by atoms with Gasteiger partial charge in [-0.2, -0.15) is 0 Å². The number of ether oxygens (including phenoxy) is 1. The van der Waals surface area contributed by atoms with Crippen LogP contribution >= 0.6 is 0 Å². The zero-order chi connectivity index (χ0) is 24.1. The summed E-state index contributed by atoms with van der Waals surface area (Å²) in [6, 6.07) is 0. The van der Waals surface area contributed by atoms with Gasteiger partial charge in [0.25, 0.3) is 0 Å². The first-order valence-electron chi connectivity index (χ1n) is 12.3. The van der Waals surface area contributed by atoms with Crippen LogP contribution in [0.1, 0.15) is 96.8 Å². The average Bonchev–Trinajstić information content (AvgIpc) is 2.71. The van der Waals surface area contributed by atoms with Gasteiger partial charge >= 0.3 is 5.97 Å². The molecule has 0 saturated heterocycles. The van der Waals surface area contributed by atoms with Gasteiger partial charge in [-0.1, -0.05) is 64.7 Å². The van der Waals surface area contributed by atoms with Crippen LogP contribution in [0, 0.1) is 5.21 Å². The predicted molar refractivity (Wildman–Crippen MR) is 129 cm³/mol. The highest BCUT2D eigenvalue weighted by molar-refractivity contribution is 7.91. The number of unbranched alkanes of at least 4 members (excludes halogenated alkanes) is 10. The van der Waals surface area contributed by atoms with Gasteiger partial charge in [0.2, 0.25) is 5.91 Å². The van der Waals surface area contributed by atoms with E-state index in [1.807, 2.05) is 0 Å². The van der Waals surface area contributed by atoms with Gasteiger partial charge in [0.15, 0.2) is 9.84 Å². The fourth-order valence-electron chi connectivity index (χ4n) is 3.29. The minimum absolute atomic E-state index is 0.106. The number of esters is 1. The van der Waals surface area contributed by atoms with Gasteiger partial charge in [-0.25, -0.2) is 8.42 Å². The van der Waals surface area contributed by atoms with Crippen LogP contribution in [0.2, 0.25) is 0 Å². The summed E-state index contributed by atoms with van der Waals surface area (Å²) in [6.07, 6.45) is 14.9. The molecule has 32 heavy (non-hydrogen) atoms. The second kappa shape index (κ2) is 20.4. The summed E-state index contributed by atoms with van der Waals surface area (Å²) in [4.78, 5) is 23.1. The molecule has 0 rings (SSSR count). The molecule has 0 saturated carbocycles. The van der Waals surface area contributed by atoms with Crippen molar-refractivity contribution in [1.82, 2.24) is 10.4 Å². The molecular weight excluding hydrogens is 432 g/mol. The molecule has 0 fully saturated rings. The number of carbonyl (C=O) groups is 2. The lowest BCUT2D eigenvalue weighted by Crippen LogP contribution is -2.32. The van der Waals surface area contributed by atoms with Crippen LogP contribution in [-0.2, 0) is 24.2 Å². The van der Waals surface area contributed by atoms with Gasteiger partial charge in [-0.3, -0.25) is 9.59 Å². The number of nitrogens with zero attached hydrogens (tertiary/aromatic N) is 1. The largest absolute Gasteiger partial charge is 0.785 e. The van der Waals surface area contributed by atoms with Crippen LogP contribution < -0.4 is 5.32 Å². The van der Waals surface area contributed by atoms with Gasteiger partial charge in [0.05, 0.1) is 6.61 Å². The first-order chi connectivity index (χ1) is 15.2. The number of hydroxylamine groups is 2. The minimum Gasteiger partial charge on any atom is -0.785 e. The second-order valence-corrected chi connectivity index (χ2v) is 10.7. The average molecular weight is 478 g/mol. The molecule has 0 aromatic rings. The number of hydrogen-bond donors (Lipinski definition) is 1. The highest BCUT2D eigenvalue weighted by Crippen LogP contribution is 2.09.